The van der Waals surface area contributed by atoms with E-state index < -0.39 is 0 Å². The molecule has 0 bridgehead atoms. The first kappa shape index (κ1) is 17.7. The van der Waals surface area contributed by atoms with Crippen molar-refractivity contribution in [1.82, 2.24) is 14.9 Å². The van der Waals surface area contributed by atoms with E-state index in [1.807, 2.05) is 25.4 Å². The molecule has 0 unspecified atom stereocenters. The highest BCUT2D eigenvalue weighted by atomic mass is 32.1. The Labute approximate surface area is 165 Å². The molecule has 1 aliphatic rings. The first-order valence-corrected chi connectivity index (χ1v) is 9.68. The number of thiocarbonyl (C=S) groups is 1. The number of nitrogens with zero attached hydrogens (tertiary/aromatic N) is 3. The Kier molecular flexibility index (Phi) is 4.70. The van der Waals surface area contributed by atoms with Crippen molar-refractivity contribution in [2.24, 2.45) is 7.05 Å². The van der Waals surface area contributed by atoms with Gasteiger partial charge in [-0.2, -0.15) is 0 Å². The van der Waals surface area contributed by atoms with Crippen LogP contribution in [0.15, 0.2) is 67.1 Å². The fourth-order valence-electron chi connectivity index (χ4n) is 3.69. The summed E-state index contributed by atoms with van der Waals surface area (Å²) in [7, 11) is 2.04. The summed E-state index contributed by atoms with van der Waals surface area (Å²) in [6.07, 6.45) is 6.07. The largest absolute Gasteiger partial charge is 0.357 e. The third kappa shape index (κ3) is 3.35. The molecule has 2 atom stereocenters. The number of hydrogen-bond acceptors (Lipinski definition) is 2. The number of aryl methyl sites for hydroxylation is 1. The van der Waals surface area contributed by atoms with Gasteiger partial charge in [0.05, 0.1) is 17.8 Å². The molecule has 1 fully saturated rings. The van der Waals surface area contributed by atoms with Crippen molar-refractivity contribution in [2.45, 2.75) is 31.8 Å². The molecule has 0 spiro atoms. The monoisotopic (exact) mass is 376 g/mol. The Hall–Kier alpha value is -2.66. The number of benzene rings is 1. The molecule has 1 saturated heterocycles. The zero-order chi connectivity index (χ0) is 19.0. The Bertz CT molecular complexity index is 930. The van der Waals surface area contributed by atoms with Crippen LogP contribution < -0.4 is 10.2 Å². The van der Waals surface area contributed by atoms with E-state index in [1.165, 1.54) is 11.1 Å². The zero-order valence-corrected chi connectivity index (χ0v) is 16.6. The van der Waals surface area contributed by atoms with E-state index in [-0.39, 0.29) is 12.1 Å². The lowest BCUT2D eigenvalue weighted by Crippen LogP contribution is -2.29. The van der Waals surface area contributed by atoms with E-state index >= 15 is 0 Å². The van der Waals surface area contributed by atoms with Crippen molar-refractivity contribution in [3.05, 3.63) is 83.9 Å². The van der Waals surface area contributed by atoms with Crippen LogP contribution in [0, 0.1) is 0 Å². The van der Waals surface area contributed by atoms with E-state index in [0.29, 0.717) is 5.92 Å². The van der Waals surface area contributed by atoms with Crippen molar-refractivity contribution < 1.29 is 0 Å². The molecule has 138 valence electrons. The topological polar surface area (TPSA) is 33.1 Å². The normalized spacial score (nSPS) is 19.6. The van der Waals surface area contributed by atoms with Crippen LogP contribution >= 0.6 is 12.2 Å². The molecule has 0 saturated carbocycles. The number of hydrogen-bond donors (Lipinski definition) is 1. The Morgan fingerprint density at radius 1 is 1.07 bits per heavy atom. The zero-order valence-electron chi connectivity index (χ0n) is 15.8. The second kappa shape index (κ2) is 7.16. The maximum atomic E-state index is 5.75. The van der Waals surface area contributed by atoms with E-state index in [9.17, 15) is 0 Å². The van der Waals surface area contributed by atoms with Crippen LogP contribution in [0.4, 0.5) is 5.69 Å². The fraction of sp³-hybridized carbons (Fsp3) is 0.273. The molecule has 0 amide bonds. The highest BCUT2D eigenvalue weighted by Gasteiger charge is 2.40. The molecular formula is C22H24N4S. The number of rotatable bonds is 4. The highest BCUT2D eigenvalue weighted by molar-refractivity contribution is 7.80. The SMILES string of the molecule is CC(C)c1ccc(N2C(=S)N[C@H](c3ccccn3)[C@@H]2c2ccn(C)c2)cc1. The molecule has 0 radical (unpaired) electrons. The molecular weight excluding hydrogens is 352 g/mol. The van der Waals surface area contributed by atoms with Gasteiger partial charge in [0, 0.05) is 31.3 Å². The molecule has 1 aromatic carbocycles. The number of aromatic nitrogens is 2. The summed E-state index contributed by atoms with van der Waals surface area (Å²) >= 11 is 5.75. The average molecular weight is 377 g/mol. The average Bonchev–Trinajstić information content (AvgIpc) is 3.25. The molecule has 27 heavy (non-hydrogen) atoms. The van der Waals surface area contributed by atoms with E-state index in [1.54, 1.807) is 0 Å². The van der Waals surface area contributed by atoms with Gasteiger partial charge >= 0.3 is 0 Å². The summed E-state index contributed by atoms with van der Waals surface area (Å²) in [5, 5.41) is 4.23. The summed E-state index contributed by atoms with van der Waals surface area (Å²) in [5.74, 6) is 0.508. The molecule has 3 aromatic rings. The van der Waals surface area contributed by atoms with Crippen LogP contribution in [0.1, 0.15) is 48.7 Å². The van der Waals surface area contributed by atoms with Gasteiger partial charge in [-0.1, -0.05) is 32.0 Å². The first-order chi connectivity index (χ1) is 13.0. The lowest BCUT2D eigenvalue weighted by molar-refractivity contribution is 0.567. The van der Waals surface area contributed by atoms with Gasteiger partial charge < -0.3 is 14.8 Å². The third-order valence-corrected chi connectivity index (χ3v) is 5.45. The van der Waals surface area contributed by atoms with Gasteiger partial charge in [-0.3, -0.25) is 4.98 Å². The van der Waals surface area contributed by atoms with Crippen molar-refractivity contribution in [2.75, 3.05) is 4.90 Å². The van der Waals surface area contributed by atoms with Crippen LogP contribution in [0.2, 0.25) is 0 Å². The molecule has 2 aromatic heterocycles. The number of nitrogens with one attached hydrogen (secondary N) is 1. The molecule has 0 aliphatic carbocycles. The minimum atomic E-state index is 0.00544. The second-order valence-electron chi connectivity index (χ2n) is 7.35. The van der Waals surface area contributed by atoms with Crippen LogP contribution in [0.25, 0.3) is 0 Å². The van der Waals surface area contributed by atoms with E-state index in [0.717, 1.165) is 16.5 Å². The standard InChI is InChI=1S/C22H24N4S/c1-15(2)16-7-9-18(10-8-16)26-21(17-11-13-25(3)14-17)20(24-22(26)27)19-6-4-5-12-23-19/h4-15,20-21H,1-3H3,(H,24,27)/t20-,21+/m1/s1. The van der Waals surface area contributed by atoms with Crippen molar-refractivity contribution in [3.8, 4) is 0 Å². The minimum Gasteiger partial charge on any atom is -0.357 e. The van der Waals surface area contributed by atoms with Gasteiger partial charge in [0.1, 0.15) is 0 Å². The molecule has 4 nitrogen and oxygen atoms in total. The first-order valence-electron chi connectivity index (χ1n) is 9.27. The summed E-state index contributed by atoms with van der Waals surface area (Å²) < 4.78 is 2.08. The van der Waals surface area contributed by atoms with Gasteiger partial charge in [0.25, 0.3) is 0 Å². The Morgan fingerprint density at radius 3 is 2.44 bits per heavy atom. The van der Waals surface area contributed by atoms with Crippen molar-refractivity contribution in [3.63, 3.8) is 0 Å². The fourth-order valence-corrected chi connectivity index (χ4v) is 4.04. The summed E-state index contributed by atoms with van der Waals surface area (Å²) in [6, 6.07) is 17.0. The molecule has 3 heterocycles. The predicted molar refractivity (Wildman–Crippen MR) is 114 cm³/mol. The smallest absolute Gasteiger partial charge is 0.174 e. The molecule has 1 aliphatic heterocycles. The second-order valence-corrected chi connectivity index (χ2v) is 7.74. The maximum Gasteiger partial charge on any atom is 0.174 e. The maximum absolute atomic E-state index is 5.75. The lowest BCUT2D eigenvalue weighted by Gasteiger charge is -2.27. The quantitative estimate of drug-likeness (QED) is 0.668. The van der Waals surface area contributed by atoms with Crippen molar-refractivity contribution in [1.29, 1.82) is 0 Å². The molecule has 5 heteroatoms. The van der Waals surface area contributed by atoms with Gasteiger partial charge in [0.15, 0.2) is 5.11 Å². The van der Waals surface area contributed by atoms with Gasteiger partial charge in [-0.25, -0.2) is 0 Å². The molecule has 4 rings (SSSR count). The number of pyridine rings is 1. The van der Waals surface area contributed by atoms with Gasteiger partial charge in [-0.15, -0.1) is 0 Å². The van der Waals surface area contributed by atoms with Crippen LogP contribution in [0.3, 0.4) is 0 Å². The lowest BCUT2D eigenvalue weighted by atomic mass is 9.98. The summed E-state index contributed by atoms with van der Waals surface area (Å²) in [6.45, 7) is 4.42. The van der Waals surface area contributed by atoms with E-state index in [4.69, 9.17) is 12.2 Å². The Morgan fingerprint density at radius 2 is 1.85 bits per heavy atom. The highest BCUT2D eigenvalue weighted by Crippen LogP contribution is 2.41. The summed E-state index contributed by atoms with van der Waals surface area (Å²) in [4.78, 5) is 6.80. The van der Waals surface area contributed by atoms with Crippen LogP contribution in [-0.4, -0.2) is 14.7 Å². The van der Waals surface area contributed by atoms with Gasteiger partial charge in [-0.05, 0) is 59.6 Å². The third-order valence-electron chi connectivity index (χ3n) is 5.13. The van der Waals surface area contributed by atoms with E-state index in [2.05, 4.69) is 82.4 Å². The summed E-state index contributed by atoms with van der Waals surface area (Å²) in [5.41, 5.74) is 4.64. The van der Waals surface area contributed by atoms with Crippen molar-refractivity contribution >= 4 is 23.0 Å². The predicted octanol–water partition coefficient (Wildman–Crippen LogP) is 4.72. The van der Waals surface area contributed by atoms with Gasteiger partial charge in [0.2, 0.25) is 0 Å². The van der Waals surface area contributed by atoms with Crippen LogP contribution in [-0.2, 0) is 7.05 Å². The number of anilines is 1. The Balaban J connectivity index is 1.78. The molecule has 1 N–H and O–H groups in total. The van der Waals surface area contributed by atoms with Crippen LogP contribution in [0.5, 0.6) is 0 Å². The minimum absolute atomic E-state index is 0.00544.